The van der Waals surface area contributed by atoms with E-state index in [2.05, 4.69) is 21.2 Å². The van der Waals surface area contributed by atoms with Gasteiger partial charge in [0.25, 0.3) is 5.91 Å². The number of aliphatic hydroxyl groups is 2. The van der Waals surface area contributed by atoms with Crippen LogP contribution in [0, 0.1) is 0 Å². The zero-order chi connectivity index (χ0) is 10.2. The largest absolute Gasteiger partial charge is 0.350 e. The maximum Gasteiger partial charge on any atom is 0.252 e. The van der Waals surface area contributed by atoms with Crippen LogP contribution < -0.4 is 5.32 Å². The molecule has 3 N–H and O–H groups in total. The van der Waals surface area contributed by atoms with Gasteiger partial charge in [0.05, 0.1) is 0 Å². The van der Waals surface area contributed by atoms with Crippen LogP contribution in [0.25, 0.3) is 0 Å². The third-order valence-electron chi connectivity index (χ3n) is 2.23. The molecule has 1 saturated carbocycles. The van der Waals surface area contributed by atoms with Crippen molar-refractivity contribution < 1.29 is 10.2 Å². The standard InChI is InChI=1S/C10H12BrNO2/c11-9-4-2-1-3-8(9)10(13,14)12-7-5-6-7/h1-4,7,12-14H,5-6H2. The van der Waals surface area contributed by atoms with Gasteiger partial charge in [-0.3, -0.25) is 5.32 Å². The lowest BCUT2D eigenvalue weighted by molar-refractivity contribution is -0.196. The van der Waals surface area contributed by atoms with Crippen molar-refractivity contribution in [2.24, 2.45) is 0 Å². The summed E-state index contributed by atoms with van der Waals surface area (Å²) in [7, 11) is 0. The summed E-state index contributed by atoms with van der Waals surface area (Å²) in [5, 5.41) is 22.4. The first-order valence-electron chi connectivity index (χ1n) is 4.57. The maximum atomic E-state index is 9.79. The molecule has 1 fully saturated rings. The van der Waals surface area contributed by atoms with Crippen LogP contribution in [0.15, 0.2) is 28.7 Å². The summed E-state index contributed by atoms with van der Waals surface area (Å²) >= 11 is 3.28. The van der Waals surface area contributed by atoms with E-state index in [0.29, 0.717) is 10.0 Å². The molecule has 2 rings (SSSR count). The van der Waals surface area contributed by atoms with E-state index in [9.17, 15) is 10.2 Å². The van der Waals surface area contributed by atoms with Gasteiger partial charge in [0.15, 0.2) is 0 Å². The molecule has 3 nitrogen and oxygen atoms in total. The van der Waals surface area contributed by atoms with Gasteiger partial charge in [-0.05, 0) is 18.9 Å². The Balaban J connectivity index is 2.22. The van der Waals surface area contributed by atoms with E-state index in [1.165, 1.54) is 0 Å². The quantitative estimate of drug-likeness (QED) is 0.716. The van der Waals surface area contributed by atoms with Gasteiger partial charge in [0.2, 0.25) is 0 Å². The Morgan fingerprint density at radius 1 is 1.29 bits per heavy atom. The Kier molecular flexibility index (Phi) is 2.62. The van der Waals surface area contributed by atoms with Crippen LogP contribution in [0.5, 0.6) is 0 Å². The highest BCUT2D eigenvalue weighted by Crippen LogP contribution is 2.29. The minimum atomic E-state index is -1.93. The second kappa shape index (κ2) is 3.62. The Morgan fingerprint density at radius 3 is 2.50 bits per heavy atom. The molecule has 0 amide bonds. The molecule has 0 unspecified atom stereocenters. The predicted molar refractivity (Wildman–Crippen MR) is 56.4 cm³/mol. The highest BCUT2D eigenvalue weighted by Gasteiger charge is 2.34. The number of nitrogens with one attached hydrogen (secondary N) is 1. The Morgan fingerprint density at radius 2 is 1.93 bits per heavy atom. The molecule has 0 atom stereocenters. The van der Waals surface area contributed by atoms with Crippen LogP contribution in [0.1, 0.15) is 18.4 Å². The highest BCUT2D eigenvalue weighted by molar-refractivity contribution is 9.10. The topological polar surface area (TPSA) is 52.5 Å². The molecule has 0 heterocycles. The van der Waals surface area contributed by atoms with Crippen molar-refractivity contribution in [3.05, 3.63) is 34.3 Å². The van der Waals surface area contributed by atoms with E-state index in [1.54, 1.807) is 18.2 Å². The van der Waals surface area contributed by atoms with Crippen molar-refractivity contribution in [3.63, 3.8) is 0 Å². The van der Waals surface area contributed by atoms with E-state index in [-0.39, 0.29) is 6.04 Å². The van der Waals surface area contributed by atoms with Crippen LogP contribution in [0.2, 0.25) is 0 Å². The molecule has 1 aliphatic rings. The molecular formula is C10H12BrNO2. The van der Waals surface area contributed by atoms with E-state index in [0.717, 1.165) is 12.8 Å². The molecule has 1 aromatic carbocycles. The fourth-order valence-corrected chi connectivity index (χ4v) is 1.90. The van der Waals surface area contributed by atoms with Crippen molar-refractivity contribution in [2.45, 2.75) is 24.8 Å². The van der Waals surface area contributed by atoms with Gasteiger partial charge < -0.3 is 10.2 Å². The Bertz CT molecular complexity index is 337. The SMILES string of the molecule is OC(O)(NC1CC1)c1ccccc1Br. The van der Waals surface area contributed by atoms with Crippen molar-refractivity contribution in [3.8, 4) is 0 Å². The third kappa shape index (κ3) is 2.15. The fourth-order valence-electron chi connectivity index (χ4n) is 1.33. The fraction of sp³-hybridized carbons (Fsp3) is 0.400. The van der Waals surface area contributed by atoms with Crippen molar-refractivity contribution in [1.82, 2.24) is 5.32 Å². The van der Waals surface area contributed by atoms with Gasteiger partial charge in [-0.25, -0.2) is 0 Å². The monoisotopic (exact) mass is 257 g/mol. The summed E-state index contributed by atoms with van der Waals surface area (Å²) in [5.41, 5.74) is 0.451. The second-order valence-electron chi connectivity index (χ2n) is 3.57. The summed E-state index contributed by atoms with van der Waals surface area (Å²) in [6.07, 6.45) is 2.01. The molecule has 0 spiro atoms. The first kappa shape index (κ1) is 10.1. The normalized spacial score (nSPS) is 17.1. The van der Waals surface area contributed by atoms with Gasteiger partial charge >= 0.3 is 0 Å². The molecule has 0 saturated heterocycles. The summed E-state index contributed by atoms with van der Waals surface area (Å²) in [4.78, 5) is 0. The maximum absolute atomic E-state index is 9.79. The number of rotatable bonds is 3. The molecule has 14 heavy (non-hydrogen) atoms. The minimum Gasteiger partial charge on any atom is -0.350 e. The number of hydrogen-bond donors (Lipinski definition) is 3. The van der Waals surface area contributed by atoms with Gasteiger partial charge in [-0.2, -0.15) is 0 Å². The van der Waals surface area contributed by atoms with E-state index in [4.69, 9.17) is 0 Å². The zero-order valence-electron chi connectivity index (χ0n) is 7.57. The van der Waals surface area contributed by atoms with Crippen LogP contribution >= 0.6 is 15.9 Å². The first-order chi connectivity index (χ1) is 6.59. The number of halogens is 1. The predicted octanol–water partition coefficient (Wildman–Crippen LogP) is 1.30. The average molecular weight is 258 g/mol. The van der Waals surface area contributed by atoms with Gasteiger partial charge in [0.1, 0.15) is 0 Å². The van der Waals surface area contributed by atoms with Crippen LogP contribution in [0.3, 0.4) is 0 Å². The molecule has 0 aliphatic heterocycles. The molecular weight excluding hydrogens is 246 g/mol. The van der Waals surface area contributed by atoms with E-state index >= 15 is 0 Å². The minimum absolute atomic E-state index is 0.233. The highest BCUT2D eigenvalue weighted by atomic mass is 79.9. The molecule has 0 radical (unpaired) electrons. The second-order valence-corrected chi connectivity index (χ2v) is 4.43. The third-order valence-corrected chi connectivity index (χ3v) is 2.92. The van der Waals surface area contributed by atoms with E-state index in [1.807, 2.05) is 6.07 Å². The molecule has 1 aliphatic carbocycles. The summed E-state index contributed by atoms with van der Waals surface area (Å²) in [5.74, 6) is -1.93. The van der Waals surface area contributed by atoms with E-state index < -0.39 is 5.91 Å². The molecule has 76 valence electrons. The Hall–Kier alpha value is -0.420. The lowest BCUT2D eigenvalue weighted by Gasteiger charge is -2.24. The Labute approximate surface area is 90.9 Å². The van der Waals surface area contributed by atoms with Crippen molar-refractivity contribution in [1.29, 1.82) is 0 Å². The molecule has 0 aromatic heterocycles. The zero-order valence-corrected chi connectivity index (χ0v) is 9.16. The van der Waals surface area contributed by atoms with Gasteiger partial charge in [-0.15, -0.1) is 0 Å². The van der Waals surface area contributed by atoms with Crippen LogP contribution in [-0.2, 0) is 5.91 Å². The van der Waals surface area contributed by atoms with Crippen molar-refractivity contribution in [2.75, 3.05) is 0 Å². The smallest absolute Gasteiger partial charge is 0.252 e. The van der Waals surface area contributed by atoms with Crippen LogP contribution in [0.4, 0.5) is 0 Å². The summed E-state index contributed by atoms with van der Waals surface area (Å²) in [6.45, 7) is 0. The summed E-state index contributed by atoms with van der Waals surface area (Å²) in [6, 6.07) is 7.30. The average Bonchev–Trinajstić information content (AvgIpc) is 2.88. The molecule has 1 aromatic rings. The van der Waals surface area contributed by atoms with Gasteiger partial charge in [-0.1, -0.05) is 34.1 Å². The molecule has 4 heteroatoms. The van der Waals surface area contributed by atoms with Gasteiger partial charge in [0, 0.05) is 16.1 Å². The lowest BCUT2D eigenvalue weighted by Crippen LogP contribution is -2.43. The van der Waals surface area contributed by atoms with Crippen LogP contribution in [-0.4, -0.2) is 16.3 Å². The lowest BCUT2D eigenvalue weighted by atomic mass is 10.1. The summed E-state index contributed by atoms with van der Waals surface area (Å²) < 4.78 is 0.693. The number of benzene rings is 1. The molecule has 0 bridgehead atoms. The van der Waals surface area contributed by atoms with Crippen molar-refractivity contribution >= 4 is 15.9 Å². The first-order valence-corrected chi connectivity index (χ1v) is 5.36. The number of hydrogen-bond acceptors (Lipinski definition) is 3.